The first-order valence-electron chi connectivity index (χ1n) is 11.5. The molecule has 1 N–H and O–H groups in total. The van der Waals surface area contributed by atoms with Crippen molar-refractivity contribution in [2.45, 2.75) is 33.0 Å². The molecule has 0 bridgehead atoms. The zero-order valence-electron chi connectivity index (χ0n) is 19.8. The Hall–Kier alpha value is -3.88. The van der Waals surface area contributed by atoms with Crippen LogP contribution in [0.4, 0.5) is 5.69 Å². The quantitative estimate of drug-likeness (QED) is 0.495. The first kappa shape index (κ1) is 23.3. The van der Waals surface area contributed by atoms with Gasteiger partial charge in [-0.15, -0.1) is 0 Å². The van der Waals surface area contributed by atoms with Gasteiger partial charge in [0.05, 0.1) is 23.8 Å². The van der Waals surface area contributed by atoms with Crippen molar-refractivity contribution in [1.82, 2.24) is 5.32 Å². The van der Waals surface area contributed by atoms with Gasteiger partial charge in [0.15, 0.2) is 0 Å². The number of ether oxygens (including phenoxy) is 1. The zero-order chi connectivity index (χ0) is 24.1. The molecule has 0 spiro atoms. The topological polar surface area (TPSA) is 65.4 Å². The average Bonchev–Trinajstić information content (AvgIpc) is 2.86. The van der Waals surface area contributed by atoms with E-state index >= 15 is 0 Å². The average molecular weight is 452 g/mol. The van der Waals surface area contributed by atoms with Crippen molar-refractivity contribution in [3.05, 3.63) is 84.1 Å². The molecule has 5 heteroatoms. The van der Waals surface area contributed by atoms with Gasteiger partial charge in [0.2, 0.25) is 6.41 Å². The fourth-order valence-electron chi connectivity index (χ4n) is 4.69. The number of rotatable bonds is 6. The molecular weight excluding hydrogens is 422 g/mol. The molecule has 34 heavy (non-hydrogen) atoms. The first-order valence-corrected chi connectivity index (χ1v) is 11.5. The maximum absolute atomic E-state index is 11.0. The highest BCUT2D eigenvalue weighted by atomic mass is 16.5. The van der Waals surface area contributed by atoms with Crippen LogP contribution in [0.2, 0.25) is 0 Å². The number of morpholine rings is 1. The molecule has 1 aliphatic rings. The Kier molecular flexibility index (Phi) is 7.10. The Morgan fingerprint density at radius 1 is 1.00 bits per heavy atom. The number of nitrogens with zero attached hydrogens (tertiary/aromatic N) is 2. The van der Waals surface area contributed by atoms with Gasteiger partial charge in [-0.25, -0.2) is 0 Å². The van der Waals surface area contributed by atoms with Gasteiger partial charge in [0.25, 0.3) is 0 Å². The molecule has 172 valence electrons. The molecule has 1 amide bonds. The molecule has 0 aliphatic carbocycles. The summed E-state index contributed by atoms with van der Waals surface area (Å²) in [6.45, 7) is 7.95. The van der Waals surface area contributed by atoms with Crippen molar-refractivity contribution in [2.24, 2.45) is 0 Å². The summed E-state index contributed by atoms with van der Waals surface area (Å²) >= 11 is 0. The highest BCUT2D eigenvalue weighted by Crippen LogP contribution is 2.38. The van der Waals surface area contributed by atoms with E-state index in [1.165, 1.54) is 5.69 Å². The summed E-state index contributed by atoms with van der Waals surface area (Å²) in [5.74, 6) is 0. The molecule has 3 aromatic carbocycles. The predicted molar refractivity (Wildman–Crippen MR) is 137 cm³/mol. The van der Waals surface area contributed by atoms with Gasteiger partial charge in [0.1, 0.15) is 0 Å². The number of allylic oxidation sites excluding steroid dienone is 1. The Morgan fingerprint density at radius 3 is 2.29 bits per heavy atom. The van der Waals surface area contributed by atoms with E-state index in [4.69, 9.17) is 4.74 Å². The fraction of sp³-hybridized carbons (Fsp3) is 0.241. The molecule has 3 aromatic rings. The summed E-state index contributed by atoms with van der Waals surface area (Å²) in [5.41, 5.74) is 7.87. The lowest BCUT2D eigenvalue weighted by Crippen LogP contribution is -2.45. The van der Waals surface area contributed by atoms with Crippen LogP contribution in [-0.4, -0.2) is 31.7 Å². The molecule has 0 saturated carbocycles. The second-order valence-electron chi connectivity index (χ2n) is 8.74. The van der Waals surface area contributed by atoms with Gasteiger partial charge in [-0.2, -0.15) is 5.26 Å². The van der Waals surface area contributed by atoms with E-state index in [0.717, 1.165) is 46.5 Å². The minimum atomic E-state index is 0.203. The van der Waals surface area contributed by atoms with Crippen LogP contribution in [0.1, 0.15) is 31.9 Å². The van der Waals surface area contributed by atoms with E-state index in [-0.39, 0.29) is 12.2 Å². The smallest absolute Gasteiger partial charge is 0.211 e. The van der Waals surface area contributed by atoms with Crippen molar-refractivity contribution < 1.29 is 9.53 Å². The molecule has 4 rings (SSSR count). The third-order valence-corrected chi connectivity index (χ3v) is 6.09. The van der Waals surface area contributed by atoms with Crippen LogP contribution in [0.5, 0.6) is 0 Å². The SMILES string of the molecule is C/C(=C/NC=O)c1c(-c2ccc(N3CC(C)OC(C)C3)cc2)cccc1-c1cccc(C#N)c1. The van der Waals surface area contributed by atoms with Gasteiger partial charge in [-0.05, 0) is 78.4 Å². The number of nitrogens with one attached hydrogen (secondary N) is 1. The number of carbonyl (C=O) groups excluding carboxylic acids is 1. The van der Waals surface area contributed by atoms with Gasteiger partial charge in [-0.1, -0.05) is 42.5 Å². The lowest BCUT2D eigenvalue weighted by molar-refractivity contribution is -0.108. The number of anilines is 1. The van der Waals surface area contributed by atoms with Crippen molar-refractivity contribution >= 4 is 17.7 Å². The van der Waals surface area contributed by atoms with E-state index < -0.39 is 0 Å². The van der Waals surface area contributed by atoms with E-state index in [1.54, 1.807) is 12.3 Å². The second kappa shape index (κ2) is 10.4. The lowest BCUT2D eigenvalue weighted by Gasteiger charge is -2.37. The minimum Gasteiger partial charge on any atom is -0.372 e. The number of amides is 1. The molecular formula is C29H29N3O2. The molecule has 0 aromatic heterocycles. The number of hydrogen-bond donors (Lipinski definition) is 1. The summed E-state index contributed by atoms with van der Waals surface area (Å²) < 4.78 is 5.88. The number of nitriles is 1. The van der Waals surface area contributed by atoms with Crippen LogP contribution in [0.15, 0.2) is 72.9 Å². The zero-order valence-corrected chi connectivity index (χ0v) is 19.8. The van der Waals surface area contributed by atoms with Gasteiger partial charge in [0, 0.05) is 25.0 Å². The predicted octanol–water partition coefficient (Wildman–Crippen LogP) is 5.61. The Bertz CT molecular complexity index is 1230. The molecule has 1 aliphatic heterocycles. The largest absolute Gasteiger partial charge is 0.372 e. The number of benzene rings is 3. The Balaban J connectivity index is 1.78. The summed E-state index contributed by atoms with van der Waals surface area (Å²) in [6.07, 6.45) is 2.79. The normalized spacial score (nSPS) is 18.3. The van der Waals surface area contributed by atoms with Crippen molar-refractivity contribution in [2.75, 3.05) is 18.0 Å². The van der Waals surface area contributed by atoms with Crippen LogP contribution >= 0.6 is 0 Å². The molecule has 2 unspecified atom stereocenters. The molecule has 1 fully saturated rings. The second-order valence-corrected chi connectivity index (χ2v) is 8.74. The van der Waals surface area contributed by atoms with Crippen molar-refractivity contribution in [3.8, 4) is 28.3 Å². The Morgan fingerprint density at radius 2 is 1.65 bits per heavy atom. The van der Waals surface area contributed by atoms with Crippen LogP contribution in [-0.2, 0) is 9.53 Å². The molecule has 5 nitrogen and oxygen atoms in total. The van der Waals surface area contributed by atoms with Crippen LogP contribution < -0.4 is 10.2 Å². The fourth-order valence-corrected chi connectivity index (χ4v) is 4.69. The van der Waals surface area contributed by atoms with E-state index in [1.807, 2.05) is 31.2 Å². The van der Waals surface area contributed by atoms with Crippen molar-refractivity contribution in [3.63, 3.8) is 0 Å². The summed E-state index contributed by atoms with van der Waals surface area (Å²) in [4.78, 5) is 13.3. The molecule has 1 heterocycles. The van der Waals surface area contributed by atoms with Crippen molar-refractivity contribution in [1.29, 1.82) is 5.26 Å². The Labute approximate surface area is 201 Å². The summed E-state index contributed by atoms with van der Waals surface area (Å²) in [5, 5.41) is 12.1. The maximum Gasteiger partial charge on any atom is 0.211 e. The third kappa shape index (κ3) is 5.03. The minimum absolute atomic E-state index is 0.203. The van der Waals surface area contributed by atoms with Crippen LogP contribution in [0.25, 0.3) is 27.8 Å². The van der Waals surface area contributed by atoms with E-state index in [9.17, 15) is 10.1 Å². The monoisotopic (exact) mass is 451 g/mol. The summed E-state index contributed by atoms with van der Waals surface area (Å²) in [7, 11) is 0. The highest BCUT2D eigenvalue weighted by molar-refractivity contribution is 5.91. The van der Waals surface area contributed by atoms with Gasteiger partial charge in [-0.3, -0.25) is 4.79 Å². The lowest BCUT2D eigenvalue weighted by atomic mass is 9.88. The number of hydrogen-bond acceptors (Lipinski definition) is 4. The molecule has 2 atom stereocenters. The standard InChI is InChI=1S/C29H29N3O2/c1-20(16-31-19-33)29-27(8-5-9-28(29)25-7-4-6-23(14-25)15-30)24-10-12-26(13-11-24)32-17-21(2)34-22(3)18-32/h4-14,16,19,21-22H,17-18H2,1-3H3,(H,31,33)/b20-16-. The van der Waals surface area contributed by atoms with Crippen LogP contribution in [0.3, 0.4) is 0 Å². The van der Waals surface area contributed by atoms with Gasteiger partial charge >= 0.3 is 0 Å². The van der Waals surface area contributed by atoms with E-state index in [2.05, 4.69) is 66.5 Å². The van der Waals surface area contributed by atoms with Gasteiger partial charge < -0.3 is 15.0 Å². The van der Waals surface area contributed by atoms with Crippen LogP contribution in [0, 0.1) is 11.3 Å². The van der Waals surface area contributed by atoms with E-state index in [0.29, 0.717) is 12.0 Å². The first-order chi connectivity index (χ1) is 16.5. The maximum atomic E-state index is 11.0. The third-order valence-electron chi connectivity index (χ3n) is 6.09. The number of carbonyl (C=O) groups is 1. The summed E-state index contributed by atoms with van der Waals surface area (Å²) in [6, 6.07) is 24.6. The molecule has 0 radical (unpaired) electrons. The molecule has 1 saturated heterocycles. The highest BCUT2D eigenvalue weighted by Gasteiger charge is 2.22.